The fraction of sp³-hybridized carbons (Fsp3) is 0.250. The van der Waals surface area contributed by atoms with Crippen molar-refractivity contribution in [1.82, 2.24) is 4.90 Å². The molecule has 0 bridgehead atoms. The van der Waals surface area contributed by atoms with Gasteiger partial charge >= 0.3 is 0 Å². The van der Waals surface area contributed by atoms with Gasteiger partial charge in [0.25, 0.3) is 0 Å². The van der Waals surface area contributed by atoms with Crippen LogP contribution in [0.2, 0.25) is 5.02 Å². The van der Waals surface area contributed by atoms with Crippen LogP contribution in [0.3, 0.4) is 0 Å². The van der Waals surface area contributed by atoms with Crippen LogP contribution in [0.5, 0.6) is 0 Å². The van der Waals surface area contributed by atoms with Crippen LogP contribution in [0.15, 0.2) is 47.5 Å². The Morgan fingerprint density at radius 2 is 2.04 bits per heavy atom. The second-order valence-electron chi connectivity index (χ2n) is 6.45. The van der Waals surface area contributed by atoms with Crippen molar-refractivity contribution >= 4 is 51.7 Å². The van der Waals surface area contributed by atoms with Gasteiger partial charge in [0.2, 0.25) is 11.8 Å². The van der Waals surface area contributed by atoms with Crippen LogP contribution in [0, 0.1) is 13.8 Å². The minimum absolute atomic E-state index is 0.131. The molecule has 27 heavy (non-hydrogen) atoms. The largest absolute Gasteiger partial charge is 0.325 e. The normalized spacial score (nSPS) is 18.7. The highest BCUT2D eigenvalue weighted by Crippen LogP contribution is 2.30. The molecule has 2 amide bonds. The van der Waals surface area contributed by atoms with Crippen molar-refractivity contribution in [3.63, 3.8) is 0 Å². The molecule has 0 aliphatic carbocycles. The second-order valence-corrected chi connectivity index (χ2v) is 8.05. The van der Waals surface area contributed by atoms with E-state index in [1.165, 1.54) is 16.7 Å². The molecule has 2 aromatic rings. The minimum Gasteiger partial charge on any atom is -0.325 e. The Morgan fingerprint density at radius 3 is 2.74 bits per heavy atom. The number of carbonyl (C=O) groups is 2. The van der Waals surface area contributed by atoms with Crippen LogP contribution in [-0.4, -0.2) is 34.2 Å². The molecular weight excluding hydrogens is 382 g/mol. The smallest absolute Gasteiger partial charge is 0.238 e. The fourth-order valence-corrected chi connectivity index (χ4v) is 3.97. The lowest BCUT2D eigenvalue weighted by Crippen LogP contribution is -2.43. The lowest BCUT2D eigenvalue weighted by atomic mass is 10.1. The first-order valence-electron chi connectivity index (χ1n) is 8.49. The topological polar surface area (TPSA) is 61.8 Å². The summed E-state index contributed by atoms with van der Waals surface area (Å²) in [5.41, 5.74) is 3.51. The van der Waals surface area contributed by atoms with Crippen molar-refractivity contribution in [2.75, 3.05) is 12.4 Å². The third-order valence-electron chi connectivity index (χ3n) is 4.23. The summed E-state index contributed by atoms with van der Waals surface area (Å²) >= 11 is 7.28. The van der Waals surface area contributed by atoms with E-state index in [2.05, 4.69) is 10.3 Å². The maximum absolute atomic E-state index is 12.7. The van der Waals surface area contributed by atoms with E-state index in [9.17, 15) is 9.59 Å². The molecule has 0 aromatic heterocycles. The number of nitrogens with one attached hydrogen (secondary N) is 1. The SMILES string of the molecule is Cc1ccc(NC(=O)C2CC(=O)N(C)C(=Nc3cccc(Cl)c3)S2)c(C)c1. The summed E-state index contributed by atoms with van der Waals surface area (Å²) in [6.45, 7) is 3.95. The molecule has 1 N–H and O–H groups in total. The number of thioether (sulfide) groups is 1. The second kappa shape index (κ2) is 8.15. The van der Waals surface area contributed by atoms with Gasteiger partial charge in [0.1, 0.15) is 5.25 Å². The lowest BCUT2D eigenvalue weighted by molar-refractivity contribution is -0.128. The molecule has 1 aliphatic rings. The number of hydrogen-bond donors (Lipinski definition) is 1. The Hall–Kier alpha value is -2.31. The van der Waals surface area contributed by atoms with E-state index in [1.807, 2.05) is 32.0 Å². The number of anilines is 1. The van der Waals surface area contributed by atoms with E-state index >= 15 is 0 Å². The number of hydrogen-bond acceptors (Lipinski definition) is 4. The number of carbonyl (C=O) groups excluding carboxylic acids is 2. The van der Waals surface area contributed by atoms with Crippen LogP contribution in [0.25, 0.3) is 0 Å². The molecular formula is C20H20ClN3O2S. The molecule has 0 radical (unpaired) electrons. The van der Waals surface area contributed by atoms with Gasteiger partial charge in [-0.15, -0.1) is 0 Å². The third-order valence-corrected chi connectivity index (χ3v) is 5.71. The van der Waals surface area contributed by atoms with Gasteiger partial charge in [0.05, 0.1) is 5.69 Å². The molecule has 1 unspecified atom stereocenters. The Labute approximate surface area is 167 Å². The average molecular weight is 402 g/mol. The number of benzene rings is 2. The van der Waals surface area contributed by atoms with Crippen molar-refractivity contribution in [1.29, 1.82) is 0 Å². The molecule has 1 atom stereocenters. The molecule has 0 saturated carbocycles. The number of amides is 2. The van der Waals surface area contributed by atoms with Crippen LogP contribution in [0.4, 0.5) is 11.4 Å². The lowest BCUT2D eigenvalue weighted by Gasteiger charge is -2.29. The number of aliphatic imine (C=N–C) groups is 1. The standard InChI is InChI=1S/C20H20ClN3O2S/c1-12-7-8-16(13(2)9-12)23-19(26)17-11-18(25)24(3)20(27-17)22-15-6-4-5-14(21)10-15/h4-10,17H,11H2,1-3H3,(H,23,26). The molecule has 0 spiro atoms. The summed E-state index contributed by atoms with van der Waals surface area (Å²) in [6, 6.07) is 12.9. The summed E-state index contributed by atoms with van der Waals surface area (Å²) in [6.07, 6.45) is 0.131. The van der Waals surface area contributed by atoms with Crippen LogP contribution < -0.4 is 5.32 Å². The van der Waals surface area contributed by atoms with E-state index in [0.717, 1.165) is 16.8 Å². The molecule has 5 nitrogen and oxygen atoms in total. The van der Waals surface area contributed by atoms with Crippen molar-refractivity contribution in [2.24, 2.45) is 4.99 Å². The Morgan fingerprint density at radius 1 is 1.26 bits per heavy atom. The predicted molar refractivity (Wildman–Crippen MR) is 112 cm³/mol. The quantitative estimate of drug-likeness (QED) is 0.820. The highest BCUT2D eigenvalue weighted by molar-refractivity contribution is 8.15. The van der Waals surface area contributed by atoms with Gasteiger partial charge in [-0.1, -0.05) is 47.1 Å². The summed E-state index contributed by atoms with van der Waals surface area (Å²) in [7, 11) is 1.66. The number of nitrogens with zero attached hydrogens (tertiary/aromatic N) is 2. The predicted octanol–water partition coefficient (Wildman–Crippen LogP) is 4.55. The van der Waals surface area contributed by atoms with Gasteiger partial charge in [0.15, 0.2) is 5.17 Å². The first-order valence-corrected chi connectivity index (χ1v) is 9.75. The summed E-state index contributed by atoms with van der Waals surface area (Å²) < 4.78 is 0. The summed E-state index contributed by atoms with van der Waals surface area (Å²) in [4.78, 5) is 31.1. The molecule has 1 fully saturated rings. The molecule has 1 aliphatic heterocycles. The first-order chi connectivity index (χ1) is 12.8. The monoisotopic (exact) mass is 401 g/mol. The third kappa shape index (κ3) is 4.70. The van der Waals surface area contributed by atoms with Gasteiger partial charge in [-0.2, -0.15) is 0 Å². The van der Waals surface area contributed by atoms with Gasteiger partial charge in [-0.3, -0.25) is 14.5 Å². The number of halogens is 1. The van der Waals surface area contributed by atoms with Gasteiger partial charge in [-0.05, 0) is 43.7 Å². The van der Waals surface area contributed by atoms with Crippen molar-refractivity contribution in [2.45, 2.75) is 25.5 Å². The Balaban J connectivity index is 1.80. The summed E-state index contributed by atoms with van der Waals surface area (Å²) in [5.74, 6) is -0.345. The fourth-order valence-electron chi connectivity index (χ4n) is 2.72. The molecule has 1 heterocycles. The zero-order valence-electron chi connectivity index (χ0n) is 15.3. The van der Waals surface area contributed by atoms with Crippen LogP contribution in [0.1, 0.15) is 17.5 Å². The van der Waals surface area contributed by atoms with Crippen molar-refractivity contribution < 1.29 is 9.59 Å². The molecule has 1 saturated heterocycles. The maximum Gasteiger partial charge on any atom is 0.238 e. The first kappa shape index (κ1) is 19.5. The van der Waals surface area contributed by atoms with Gasteiger partial charge in [-0.25, -0.2) is 4.99 Å². The average Bonchev–Trinajstić information content (AvgIpc) is 2.61. The van der Waals surface area contributed by atoms with Crippen molar-refractivity contribution in [3.8, 4) is 0 Å². The minimum atomic E-state index is -0.535. The number of aryl methyl sites for hydroxylation is 2. The van der Waals surface area contributed by atoms with Gasteiger partial charge in [0, 0.05) is 24.2 Å². The van der Waals surface area contributed by atoms with E-state index in [1.54, 1.807) is 31.3 Å². The molecule has 140 valence electrons. The van der Waals surface area contributed by atoms with E-state index < -0.39 is 5.25 Å². The van der Waals surface area contributed by atoms with E-state index in [4.69, 9.17) is 11.6 Å². The molecule has 2 aromatic carbocycles. The van der Waals surface area contributed by atoms with Gasteiger partial charge < -0.3 is 5.32 Å². The molecule has 3 rings (SSSR count). The Kier molecular flexibility index (Phi) is 5.87. The number of amidine groups is 1. The number of rotatable bonds is 3. The highest BCUT2D eigenvalue weighted by atomic mass is 35.5. The summed E-state index contributed by atoms with van der Waals surface area (Å²) in [5, 5.41) is 3.44. The zero-order valence-corrected chi connectivity index (χ0v) is 16.9. The van der Waals surface area contributed by atoms with Crippen LogP contribution >= 0.6 is 23.4 Å². The molecule has 7 heteroatoms. The Bertz CT molecular complexity index is 929. The zero-order chi connectivity index (χ0) is 19.6. The highest BCUT2D eigenvalue weighted by Gasteiger charge is 2.34. The van der Waals surface area contributed by atoms with Crippen LogP contribution in [-0.2, 0) is 9.59 Å². The van der Waals surface area contributed by atoms with E-state index in [-0.39, 0.29) is 18.2 Å². The van der Waals surface area contributed by atoms with E-state index in [0.29, 0.717) is 15.9 Å². The van der Waals surface area contributed by atoms with Crippen molar-refractivity contribution in [3.05, 3.63) is 58.6 Å². The maximum atomic E-state index is 12.7.